The highest BCUT2D eigenvalue weighted by atomic mass is 32.2. The lowest BCUT2D eigenvalue weighted by molar-refractivity contribution is 0.0953. The third kappa shape index (κ3) is 4.78. The Balaban J connectivity index is 1.49. The summed E-state index contributed by atoms with van der Waals surface area (Å²) in [7, 11) is 1.64. The number of benzene rings is 2. The second-order valence-corrected chi connectivity index (χ2v) is 9.11. The van der Waals surface area contributed by atoms with Gasteiger partial charge in [0, 0.05) is 12.2 Å². The van der Waals surface area contributed by atoms with Gasteiger partial charge >= 0.3 is 0 Å². The topological polar surface area (TPSA) is 108 Å². The molecule has 4 aromatic rings. The molecule has 178 valence electrons. The molecular formula is C25H24N6O3S. The number of hydrogen-bond donors (Lipinski definition) is 0. The Hall–Kier alpha value is -3.68. The Bertz CT molecular complexity index is 1430. The number of thioether (sulfide) groups is 1. The van der Waals surface area contributed by atoms with Gasteiger partial charge in [-0.05, 0) is 49.2 Å². The van der Waals surface area contributed by atoms with Crippen LogP contribution in [0.25, 0.3) is 22.3 Å². The molecule has 35 heavy (non-hydrogen) atoms. The van der Waals surface area contributed by atoms with E-state index in [1.807, 2.05) is 36.4 Å². The van der Waals surface area contributed by atoms with Gasteiger partial charge in [-0.25, -0.2) is 4.98 Å². The number of para-hydroxylation sites is 1. The van der Waals surface area contributed by atoms with E-state index in [9.17, 15) is 10.1 Å². The van der Waals surface area contributed by atoms with Gasteiger partial charge in [0.25, 0.3) is 5.56 Å². The molecule has 0 aliphatic carbocycles. The minimum absolute atomic E-state index is 0.0632. The van der Waals surface area contributed by atoms with Crippen LogP contribution in [0.1, 0.15) is 18.7 Å². The lowest BCUT2D eigenvalue weighted by Gasteiger charge is -2.15. The highest BCUT2D eigenvalue weighted by molar-refractivity contribution is 7.98. The quantitative estimate of drug-likeness (QED) is 0.346. The second kappa shape index (κ2) is 10.3. The fourth-order valence-electron chi connectivity index (χ4n) is 4.19. The van der Waals surface area contributed by atoms with E-state index in [4.69, 9.17) is 9.47 Å². The molecule has 0 radical (unpaired) electrons. The molecule has 0 spiro atoms. The minimum atomic E-state index is -0.215. The molecule has 9 nitrogen and oxygen atoms in total. The zero-order valence-electron chi connectivity index (χ0n) is 19.3. The highest BCUT2D eigenvalue weighted by Crippen LogP contribution is 2.29. The predicted octanol–water partition coefficient (Wildman–Crippen LogP) is 3.66. The summed E-state index contributed by atoms with van der Waals surface area (Å²) < 4.78 is 14.7. The summed E-state index contributed by atoms with van der Waals surface area (Å²) in [6.45, 7) is 1.33. The molecule has 5 rings (SSSR count). The van der Waals surface area contributed by atoms with E-state index < -0.39 is 0 Å². The fourth-order valence-corrected chi connectivity index (χ4v) is 5.09. The molecule has 1 saturated heterocycles. The zero-order valence-corrected chi connectivity index (χ0v) is 20.1. The molecule has 10 heteroatoms. The molecule has 1 aliphatic heterocycles. The van der Waals surface area contributed by atoms with Crippen LogP contribution in [0.15, 0.2) is 58.5 Å². The molecule has 0 N–H and O–H groups in total. The van der Waals surface area contributed by atoms with Crippen LogP contribution >= 0.6 is 11.8 Å². The zero-order chi connectivity index (χ0) is 24.2. The Morgan fingerprint density at radius 3 is 2.74 bits per heavy atom. The summed E-state index contributed by atoms with van der Waals surface area (Å²) >= 11 is 1.44. The molecule has 3 heterocycles. The van der Waals surface area contributed by atoms with Crippen LogP contribution in [-0.2, 0) is 23.6 Å². The SMILES string of the molecule is COc1ccc(-c2nnc(SCc3nc4ccccc4c(=O)n3CC#N)n2C[C@H]2CCCO2)cc1. The summed E-state index contributed by atoms with van der Waals surface area (Å²) in [5, 5.41) is 19.4. The second-order valence-electron chi connectivity index (χ2n) is 8.16. The van der Waals surface area contributed by atoms with Crippen LogP contribution in [0.5, 0.6) is 5.75 Å². The number of fused-ring (bicyclic) bond motifs is 1. The third-order valence-corrected chi connectivity index (χ3v) is 6.94. The van der Waals surface area contributed by atoms with Crippen molar-refractivity contribution in [1.82, 2.24) is 24.3 Å². The molecule has 0 unspecified atom stereocenters. The average Bonchev–Trinajstić information content (AvgIpc) is 3.55. The first kappa shape index (κ1) is 23.1. The first-order chi connectivity index (χ1) is 17.2. The smallest absolute Gasteiger partial charge is 0.262 e. The lowest BCUT2D eigenvalue weighted by atomic mass is 10.2. The maximum absolute atomic E-state index is 13.0. The first-order valence-corrected chi connectivity index (χ1v) is 12.3. The van der Waals surface area contributed by atoms with Crippen LogP contribution in [-0.4, -0.2) is 44.1 Å². The molecule has 0 saturated carbocycles. The van der Waals surface area contributed by atoms with Crippen LogP contribution in [0.2, 0.25) is 0 Å². The predicted molar refractivity (Wildman–Crippen MR) is 132 cm³/mol. The summed E-state index contributed by atoms with van der Waals surface area (Å²) in [6, 6.07) is 17.0. The number of ether oxygens (including phenoxy) is 2. The van der Waals surface area contributed by atoms with Crippen molar-refractivity contribution in [3.05, 3.63) is 64.7 Å². The van der Waals surface area contributed by atoms with E-state index in [2.05, 4.69) is 25.8 Å². The van der Waals surface area contributed by atoms with Gasteiger partial charge in [0.2, 0.25) is 0 Å². The van der Waals surface area contributed by atoms with Crippen LogP contribution in [0.4, 0.5) is 0 Å². The Morgan fingerprint density at radius 1 is 1.17 bits per heavy atom. The standard InChI is InChI=1S/C25H24N6O3S/c1-33-18-10-8-17(9-11-18)23-28-29-25(31(23)15-19-5-4-14-34-19)35-16-22-27-21-7-3-2-6-20(21)24(32)30(22)13-12-26/h2-3,6-11,19H,4-5,13-16H2,1H3/t19-/m1/s1. The maximum Gasteiger partial charge on any atom is 0.262 e. The molecular weight excluding hydrogens is 464 g/mol. The van der Waals surface area contributed by atoms with Crippen molar-refractivity contribution in [2.75, 3.05) is 13.7 Å². The van der Waals surface area contributed by atoms with Crippen LogP contribution < -0.4 is 10.3 Å². The fraction of sp³-hybridized carbons (Fsp3) is 0.320. The van der Waals surface area contributed by atoms with Crippen molar-refractivity contribution < 1.29 is 9.47 Å². The summed E-state index contributed by atoms with van der Waals surface area (Å²) in [6.07, 6.45) is 2.12. The first-order valence-electron chi connectivity index (χ1n) is 11.4. The molecule has 1 fully saturated rings. The molecule has 2 aromatic heterocycles. The van der Waals surface area contributed by atoms with Gasteiger partial charge in [0.15, 0.2) is 11.0 Å². The Kier molecular flexibility index (Phi) is 6.79. The Morgan fingerprint density at radius 2 is 2.00 bits per heavy atom. The van der Waals surface area contributed by atoms with Crippen molar-refractivity contribution in [2.24, 2.45) is 0 Å². The van der Waals surface area contributed by atoms with E-state index in [-0.39, 0.29) is 18.2 Å². The van der Waals surface area contributed by atoms with E-state index in [0.717, 1.165) is 36.6 Å². The van der Waals surface area contributed by atoms with E-state index in [0.29, 0.717) is 34.2 Å². The van der Waals surface area contributed by atoms with Crippen molar-refractivity contribution in [2.45, 2.75) is 42.9 Å². The maximum atomic E-state index is 13.0. The van der Waals surface area contributed by atoms with E-state index >= 15 is 0 Å². The number of methoxy groups -OCH3 is 1. The molecule has 1 aliphatic rings. The van der Waals surface area contributed by atoms with Gasteiger partial charge < -0.3 is 9.47 Å². The molecule has 1 atom stereocenters. The van der Waals surface area contributed by atoms with Gasteiger partial charge in [-0.1, -0.05) is 23.9 Å². The van der Waals surface area contributed by atoms with Gasteiger partial charge in [-0.2, -0.15) is 5.26 Å². The van der Waals surface area contributed by atoms with Crippen LogP contribution in [0.3, 0.4) is 0 Å². The summed E-state index contributed by atoms with van der Waals surface area (Å²) in [5.74, 6) is 2.41. The average molecular weight is 489 g/mol. The van der Waals surface area contributed by atoms with Crippen molar-refractivity contribution in [3.63, 3.8) is 0 Å². The van der Waals surface area contributed by atoms with Crippen molar-refractivity contribution >= 4 is 22.7 Å². The van der Waals surface area contributed by atoms with Gasteiger partial charge in [-0.3, -0.25) is 13.9 Å². The number of aromatic nitrogens is 5. The monoisotopic (exact) mass is 488 g/mol. The number of hydrogen-bond acceptors (Lipinski definition) is 8. The Labute approximate surface area is 206 Å². The number of nitrogens with zero attached hydrogens (tertiary/aromatic N) is 6. The molecule has 0 amide bonds. The largest absolute Gasteiger partial charge is 0.497 e. The van der Waals surface area contributed by atoms with E-state index in [1.165, 1.54) is 16.3 Å². The summed E-state index contributed by atoms with van der Waals surface area (Å²) in [5.41, 5.74) is 1.32. The normalized spacial score (nSPS) is 15.4. The molecule has 0 bridgehead atoms. The number of rotatable bonds is 8. The number of nitriles is 1. The third-order valence-electron chi connectivity index (χ3n) is 5.98. The van der Waals surface area contributed by atoms with Crippen molar-refractivity contribution in [1.29, 1.82) is 5.26 Å². The van der Waals surface area contributed by atoms with E-state index in [1.54, 1.807) is 19.2 Å². The highest BCUT2D eigenvalue weighted by Gasteiger charge is 2.22. The summed E-state index contributed by atoms with van der Waals surface area (Å²) in [4.78, 5) is 17.7. The van der Waals surface area contributed by atoms with Gasteiger partial charge in [-0.15, -0.1) is 10.2 Å². The van der Waals surface area contributed by atoms with Gasteiger partial charge in [0.05, 0.1) is 42.5 Å². The van der Waals surface area contributed by atoms with Gasteiger partial charge in [0.1, 0.15) is 18.1 Å². The minimum Gasteiger partial charge on any atom is -0.497 e. The van der Waals surface area contributed by atoms with Crippen LogP contribution in [0, 0.1) is 11.3 Å². The lowest BCUT2D eigenvalue weighted by Crippen LogP contribution is -2.24. The molecule has 2 aromatic carbocycles. The van der Waals surface area contributed by atoms with Crippen molar-refractivity contribution in [3.8, 4) is 23.2 Å².